The molecule has 2 aromatic rings. The number of ether oxygens (including phenoxy) is 1. The van der Waals surface area contributed by atoms with Crippen LogP contribution in [0.1, 0.15) is 18.4 Å². The van der Waals surface area contributed by atoms with Gasteiger partial charge >= 0.3 is 0 Å². The molecule has 0 atom stereocenters. The van der Waals surface area contributed by atoms with Crippen LogP contribution in [0, 0.1) is 0 Å². The summed E-state index contributed by atoms with van der Waals surface area (Å²) < 4.78 is 5.17. The second kappa shape index (κ2) is 8.46. The number of rotatable bonds is 5. The van der Waals surface area contributed by atoms with Crippen molar-refractivity contribution in [1.82, 2.24) is 14.9 Å². The molecule has 0 bridgehead atoms. The minimum Gasteiger partial charge on any atom is -0.497 e. The van der Waals surface area contributed by atoms with E-state index < -0.39 is 0 Å². The van der Waals surface area contributed by atoms with Gasteiger partial charge in [0.25, 0.3) is 0 Å². The van der Waals surface area contributed by atoms with Crippen LogP contribution in [0.4, 0.5) is 11.8 Å². The fourth-order valence-electron chi connectivity index (χ4n) is 3.80. The molecular formula is C21H27N5O2. The monoisotopic (exact) mass is 381 g/mol. The average Bonchev–Trinajstić information content (AvgIpc) is 3.29. The van der Waals surface area contributed by atoms with Crippen molar-refractivity contribution in [1.29, 1.82) is 0 Å². The fourth-order valence-corrected chi connectivity index (χ4v) is 3.80. The first-order chi connectivity index (χ1) is 13.7. The van der Waals surface area contributed by atoms with E-state index >= 15 is 0 Å². The highest BCUT2D eigenvalue weighted by Crippen LogP contribution is 2.20. The highest BCUT2D eigenvalue weighted by Gasteiger charge is 2.23. The number of methoxy groups -OCH3 is 1. The van der Waals surface area contributed by atoms with Gasteiger partial charge in [0.05, 0.1) is 13.5 Å². The molecule has 0 unspecified atom stereocenters. The summed E-state index contributed by atoms with van der Waals surface area (Å²) in [5.41, 5.74) is 1.01. The highest BCUT2D eigenvalue weighted by molar-refractivity contribution is 5.79. The summed E-state index contributed by atoms with van der Waals surface area (Å²) in [7, 11) is 1.64. The zero-order valence-electron chi connectivity index (χ0n) is 16.4. The van der Waals surface area contributed by atoms with E-state index in [0.29, 0.717) is 6.42 Å². The molecule has 2 fully saturated rings. The molecule has 0 aliphatic carbocycles. The van der Waals surface area contributed by atoms with Gasteiger partial charge < -0.3 is 19.4 Å². The van der Waals surface area contributed by atoms with Crippen molar-refractivity contribution in [2.45, 2.75) is 19.3 Å². The molecule has 148 valence electrons. The van der Waals surface area contributed by atoms with E-state index in [2.05, 4.69) is 14.8 Å². The average molecular weight is 381 g/mol. The smallest absolute Gasteiger partial charge is 0.227 e. The number of benzene rings is 1. The van der Waals surface area contributed by atoms with Crippen molar-refractivity contribution in [3.05, 3.63) is 42.1 Å². The van der Waals surface area contributed by atoms with Crippen LogP contribution < -0.4 is 14.5 Å². The first-order valence-corrected chi connectivity index (χ1v) is 9.96. The zero-order valence-corrected chi connectivity index (χ0v) is 16.4. The molecule has 7 heteroatoms. The van der Waals surface area contributed by atoms with Crippen molar-refractivity contribution in [3.8, 4) is 5.75 Å². The Balaban J connectivity index is 1.32. The van der Waals surface area contributed by atoms with Crippen LogP contribution in [0.3, 0.4) is 0 Å². The number of carbonyl (C=O) groups excluding carboxylic acids is 1. The van der Waals surface area contributed by atoms with Crippen LogP contribution in [0.15, 0.2) is 36.5 Å². The molecule has 3 heterocycles. The van der Waals surface area contributed by atoms with Crippen LogP contribution in [-0.2, 0) is 11.2 Å². The maximum atomic E-state index is 12.6. The molecule has 4 rings (SSSR count). The minimum atomic E-state index is 0.172. The number of aromatic nitrogens is 2. The SMILES string of the molecule is COc1ccc(CC(=O)N2CCN(c3ccnc(N4CCCC4)n3)CC2)cc1. The number of anilines is 2. The van der Waals surface area contributed by atoms with Crippen LogP contribution in [-0.4, -0.2) is 67.2 Å². The molecule has 0 spiro atoms. The lowest BCUT2D eigenvalue weighted by molar-refractivity contribution is -0.130. The summed E-state index contributed by atoms with van der Waals surface area (Å²) in [4.78, 5) is 28.3. The Morgan fingerprint density at radius 2 is 1.68 bits per heavy atom. The quantitative estimate of drug-likeness (QED) is 0.789. The summed E-state index contributed by atoms with van der Waals surface area (Å²) >= 11 is 0. The van der Waals surface area contributed by atoms with E-state index in [0.717, 1.165) is 62.3 Å². The number of piperazine rings is 1. The van der Waals surface area contributed by atoms with E-state index in [1.54, 1.807) is 7.11 Å². The lowest BCUT2D eigenvalue weighted by Crippen LogP contribution is -2.49. The first-order valence-electron chi connectivity index (χ1n) is 9.96. The molecule has 28 heavy (non-hydrogen) atoms. The molecule has 2 aliphatic rings. The molecule has 1 aromatic heterocycles. The molecule has 0 radical (unpaired) electrons. The predicted octanol–water partition coefficient (Wildman–Crippen LogP) is 1.98. The van der Waals surface area contributed by atoms with Gasteiger partial charge in [-0.05, 0) is 36.6 Å². The second-order valence-corrected chi connectivity index (χ2v) is 7.30. The summed E-state index contributed by atoms with van der Waals surface area (Å²) in [6.45, 7) is 5.11. The van der Waals surface area contributed by atoms with Gasteiger partial charge in [0.15, 0.2) is 0 Å². The Hall–Kier alpha value is -2.83. The molecule has 2 aliphatic heterocycles. The van der Waals surface area contributed by atoms with Crippen LogP contribution in [0.2, 0.25) is 0 Å². The van der Waals surface area contributed by atoms with E-state index in [-0.39, 0.29) is 5.91 Å². The first kappa shape index (κ1) is 18.5. The Labute approximate surface area is 165 Å². The molecule has 2 saturated heterocycles. The Kier molecular flexibility index (Phi) is 5.60. The standard InChI is InChI=1S/C21H27N5O2/c1-28-18-6-4-17(5-7-18)16-20(27)25-14-12-24(13-15-25)19-8-9-22-21(23-19)26-10-2-3-11-26/h4-9H,2-3,10-16H2,1H3. The number of hydrogen-bond acceptors (Lipinski definition) is 6. The van der Waals surface area contributed by atoms with Crippen molar-refractivity contribution in [2.24, 2.45) is 0 Å². The van der Waals surface area contributed by atoms with Crippen molar-refractivity contribution in [3.63, 3.8) is 0 Å². The normalized spacial score (nSPS) is 17.1. The summed E-state index contributed by atoms with van der Waals surface area (Å²) in [6, 6.07) is 9.66. The van der Waals surface area contributed by atoms with Gasteiger partial charge in [0.2, 0.25) is 11.9 Å². The number of nitrogens with zero attached hydrogens (tertiary/aromatic N) is 5. The molecule has 0 saturated carbocycles. The van der Waals surface area contributed by atoms with E-state index in [1.807, 2.05) is 41.4 Å². The second-order valence-electron chi connectivity index (χ2n) is 7.30. The lowest BCUT2D eigenvalue weighted by Gasteiger charge is -2.35. The zero-order chi connectivity index (χ0) is 19.3. The molecule has 1 amide bonds. The number of hydrogen-bond donors (Lipinski definition) is 0. The van der Waals surface area contributed by atoms with Gasteiger partial charge in [-0.15, -0.1) is 0 Å². The van der Waals surface area contributed by atoms with Gasteiger partial charge in [0.1, 0.15) is 11.6 Å². The fraction of sp³-hybridized carbons (Fsp3) is 0.476. The van der Waals surface area contributed by atoms with Crippen LogP contribution >= 0.6 is 0 Å². The molecular weight excluding hydrogens is 354 g/mol. The predicted molar refractivity (Wildman–Crippen MR) is 109 cm³/mol. The van der Waals surface area contributed by atoms with E-state index in [9.17, 15) is 4.79 Å². The molecule has 0 N–H and O–H groups in total. The Bertz CT molecular complexity index is 797. The summed E-state index contributed by atoms with van der Waals surface area (Å²) in [5, 5.41) is 0. The highest BCUT2D eigenvalue weighted by atomic mass is 16.5. The maximum absolute atomic E-state index is 12.6. The number of carbonyl (C=O) groups is 1. The Morgan fingerprint density at radius 1 is 0.964 bits per heavy atom. The van der Waals surface area contributed by atoms with Crippen molar-refractivity contribution in [2.75, 3.05) is 56.2 Å². The third-order valence-electron chi connectivity index (χ3n) is 5.49. The van der Waals surface area contributed by atoms with Gasteiger partial charge in [0, 0.05) is 45.5 Å². The Morgan fingerprint density at radius 3 is 2.36 bits per heavy atom. The molecule has 7 nitrogen and oxygen atoms in total. The van der Waals surface area contributed by atoms with Crippen molar-refractivity contribution >= 4 is 17.7 Å². The third kappa shape index (κ3) is 4.18. The van der Waals surface area contributed by atoms with E-state index in [1.165, 1.54) is 12.8 Å². The topological polar surface area (TPSA) is 61.8 Å². The van der Waals surface area contributed by atoms with Gasteiger partial charge in [-0.1, -0.05) is 12.1 Å². The largest absolute Gasteiger partial charge is 0.497 e. The third-order valence-corrected chi connectivity index (χ3v) is 5.49. The van der Waals surface area contributed by atoms with Crippen molar-refractivity contribution < 1.29 is 9.53 Å². The van der Waals surface area contributed by atoms with Crippen LogP contribution in [0.25, 0.3) is 0 Å². The lowest BCUT2D eigenvalue weighted by atomic mass is 10.1. The maximum Gasteiger partial charge on any atom is 0.227 e. The summed E-state index contributed by atoms with van der Waals surface area (Å²) in [5.74, 6) is 2.76. The van der Waals surface area contributed by atoms with Crippen LogP contribution in [0.5, 0.6) is 5.75 Å². The number of amides is 1. The summed E-state index contributed by atoms with van der Waals surface area (Å²) in [6.07, 6.45) is 4.69. The van der Waals surface area contributed by atoms with E-state index in [4.69, 9.17) is 9.72 Å². The minimum absolute atomic E-state index is 0.172. The van der Waals surface area contributed by atoms with Gasteiger partial charge in [-0.2, -0.15) is 4.98 Å². The van der Waals surface area contributed by atoms with Gasteiger partial charge in [-0.3, -0.25) is 4.79 Å². The molecule has 1 aromatic carbocycles. The van der Waals surface area contributed by atoms with Gasteiger partial charge in [-0.25, -0.2) is 4.98 Å².